The fourth-order valence-corrected chi connectivity index (χ4v) is 4.59. The van der Waals surface area contributed by atoms with Crippen LogP contribution in [0.15, 0.2) is 42.6 Å². The molecule has 0 radical (unpaired) electrons. The Bertz CT molecular complexity index is 942. The lowest BCUT2D eigenvalue weighted by atomic mass is 10.1. The van der Waals surface area contributed by atoms with Gasteiger partial charge in [0.25, 0.3) is 0 Å². The smallest absolute Gasteiger partial charge is 0.306 e. The van der Waals surface area contributed by atoms with Crippen LogP contribution in [-0.4, -0.2) is 33.7 Å². The van der Waals surface area contributed by atoms with Crippen molar-refractivity contribution < 1.29 is 23.9 Å². The van der Waals surface area contributed by atoms with E-state index >= 15 is 0 Å². The van der Waals surface area contributed by atoms with E-state index in [-0.39, 0.29) is 35.1 Å². The molecule has 6 nitrogen and oxygen atoms in total. The van der Waals surface area contributed by atoms with Crippen molar-refractivity contribution in [2.75, 3.05) is 6.61 Å². The number of carbonyl (C=O) groups is 3. The Morgan fingerprint density at radius 2 is 1.91 bits per heavy atom. The van der Waals surface area contributed by atoms with Gasteiger partial charge in [0.05, 0.1) is 11.7 Å². The number of aromatic nitrogens is 1. The molecule has 1 aromatic heterocycles. The maximum atomic E-state index is 12.3. The SMILES string of the molecule is CCCCCC(=O)O[C@@H](COc1ccc(CC2SC(=O)CC2=O)cc1)c1ccc(CC)nc1. The number of Topliss-reactive ketones (excluding diaryl/α,β-unsaturated/α-hetero) is 1. The van der Waals surface area contributed by atoms with Crippen LogP contribution in [0, 0.1) is 0 Å². The predicted molar refractivity (Wildman–Crippen MR) is 128 cm³/mol. The number of hydrogen-bond donors (Lipinski definition) is 0. The number of nitrogens with zero attached hydrogens (tertiary/aromatic N) is 1. The highest BCUT2D eigenvalue weighted by Crippen LogP contribution is 2.28. The van der Waals surface area contributed by atoms with Crippen molar-refractivity contribution in [2.45, 2.75) is 70.1 Å². The average molecular weight is 470 g/mol. The van der Waals surface area contributed by atoms with Gasteiger partial charge in [-0.25, -0.2) is 0 Å². The summed E-state index contributed by atoms with van der Waals surface area (Å²) in [4.78, 5) is 40.1. The summed E-state index contributed by atoms with van der Waals surface area (Å²) in [5.74, 6) is 0.405. The molecule has 0 amide bonds. The molecule has 0 aliphatic carbocycles. The third-order valence-electron chi connectivity index (χ3n) is 5.54. The molecule has 176 valence electrons. The van der Waals surface area contributed by atoms with E-state index in [1.165, 1.54) is 0 Å². The zero-order valence-electron chi connectivity index (χ0n) is 19.2. The Balaban J connectivity index is 1.60. The second kappa shape index (κ2) is 12.5. The van der Waals surface area contributed by atoms with Crippen LogP contribution in [0.25, 0.3) is 0 Å². The number of rotatable bonds is 12. The number of unbranched alkanes of at least 4 members (excludes halogenated alkanes) is 2. The fourth-order valence-electron chi connectivity index (χ4n) is 3.56. The Kier molecular flexibility index (Phi) is 9.48. The summed E-state index contributed by atoms with van der Waals surface area (Å²) in [6, 6.07) is 11.3. The molecule has 0 saturated carbocycles. The second-order valence-electron chi connectivity index (χ2n) is 8.15. The average Bonchev–Trinajstić information content (AvgIpc) is 3.14. The van der Waals surface area contributed by atoms with Crippen LogP contribution < -0.4 is 4.74 Å². The number of esters is 1. The quantitative estimate of drug-likeness (QED) is 0.245. The number of ether oxygens (including phenoxy) is 2. The van der Waals surface area contributed by atoms with Gasteiger partial charge in [-0.2, -0.15) is 0 Å². The van der Waals surface area contributed by atoms with Gasteiger partial charge in [0, 0.05) is 23.9 Å². The molecule has 0 bridgehead atoms. The number of aryl methyl sites for hydroxylation is 1. The Morgan fingerprint density at radius 1 is 1.12 bits per heavy atom. The van der Waals surface area contributed by atoms with Crippen LogP contribution in [0.1, 0.15) is 68.9 Å². The molecule has 2 aromatic rings. The van der Waals surface area contributed by atoms with Crippen LogP contribution >= 0.6 is 11.8 Å². The topological polar surface area (TPSA) is 82.6 Å². The van der Waals surface area contributed by atoms with Gasteiger partial charge in [0.2, 0.25) is 0 Å². The minimum absolute atomic E-state index is 0.00313. The van der Waals surface area contributed by atoms with Crippen LogP contribution in [-0.2, 0) is 32.0 Å². The van der Waals surface area contributed by atoms with E-state index in [0.29, 0.717) is 18.6 Å². The highest BCUT2D eigenvalue weighted by atomic mass is 32.2. The molecule has 2 atom stereocenters. The van der Waals surface area contributed by atoms with E-state index in [1.54, 1.807) is 6.20 Å². The molecule has 0 N–H and O–H groups in total. The lowest BCUT2D eigenvalue weighted by Gasteiger charge is -2.19. The predicted octanol–water partition coefficient (Wildman–Crippen LogP) is 5.03. The number of ketones is 1. The first-order valence-electron chi connectivity index (χ1n) is 11.6. The van der Waals surface area contributed by atoms with Crippen molar-refractivity contribution >= 4 is 28.6 Å². The monoisotopic (exact) mass is 469 g/mol. The van der Waals surface area contributed by atoms with Crippen LogP contribution in [0.3, 0.4) is 0 Å². The van der Waals surface area contributed by atoms with E-state index in [0.717, 1.165) is 54.3 Å². The lowest BCUT2D eigenvalue weighted by molar-refractivity contribution is -0.151. The summed E-state index contributed by atoms with van der Waals surface area (Å²) < 4.78 is 11.7. The highest BCUT2D eigenvalue weighted by Gasteiger charge is 2.31. The first-order valence-corrected chi connectivity index (χ1v) is 12.4. The fraction of sp³-hybridized carbons (Fsp3) is 0.462. The summed E-state index contributed by atoms with van der Waals surface area (Å²) >= 11 is 1.13. The van der Waals surface area contributed by atoms with Gasteiger partial charge in [0.15, 0.2) is 17.0 Å². The summed E-state index contributed by atoms with van der Waals surface area (Å²) in [6.45, 7) is 4.31. The minimum Gasteiger partial charge on any atom is -0.489 e. The molecule has 1 fully saturated rings. The molecule has 1 unspecified atom stereocenters. The van der Waals surface area contributed by atoms with Gasteiger partial charge in [-0.15, -0.1) is 0 Å². The van der Waals surface area contributed by atoms with Gasteiger partial charge < -0.3 is 9.47 Å². The van der Waals surface area contributed by atoms with E-state index in [9.17, 15) is 14.4 Å². The maximum absolute atomic E-state index is 12.3. The number of pyridine rings is 1. The summed E-state index contributed by atoms with van der Waals surface area (Å²) in [7, 11) is 0. The first kappa shape index (κ1) is 25.0. The van der Waals surface area contributed by atoms with Gasteiger partial charge in [-0.05, 0) is 43.0 Å². The van der Waals surface area contributed by atoms with Crippen molar-refractivity contribution in [3.8, 4) is 5.75 Å². The van der Waals surface area contributed by atoms with Crippen LogP contribution in [0.4, 0.5) is 0 Å². The largest absolute Gasteiger partial charge is 0.489 e. The van der Waals surface area contributed by atoms with E-state index < -0.39 is 6.10 Å². The highest BCUT2D eigenvalue weighted by molar-refractivity contribution is 8.15. The number of hydrogen-bond acceptors (Lipinski definition) is 7. The van der Waals surface area contributed by atoms with Crippen molar-refractivity contribution in [3.63, 3.8) is 0 Å². The summed E-state index contributed by atoms with van der Waals surface area (Å²) in [5, 5.41) is -0.346. The Labute approximate surface area is 199 Å². The zero-order valence-corrected chi connectivity index (χ0v) is 20.1. The first-order chi connectivity index (χ1) is 16.0. The Morgan fingerprint density at radius 3 is 2.52 bits per heavy atom. The molecule has 1 aliphatic rings. The summed E-state index contributed by atoms with van der Waals surface area (Å²) in [5.41, 5.74) is 2.75. The molecular weight excluding hydrogens is 438 g/mol. The second-order valence-corrected chi connectivity index (χ2v) is 9.41. The summed E-state index contributed by atoms with van der Waals surface area (Å²) in [6.07, 6.45) is 5.83. The third-order valence-corrected chi connectivity index (χ3v) is 6.66. The minimum atomic E-state index is -0.546. The zero-order chi connectivity index (χ0) is 23.6. The van der Waals surface area contributed by atoms with Gasteiger partial charge >= 0.3 is 5.97 Å². The van der Waals surface area contributed by atoms with E-state index in [1.807, 2.05) is 43.3 Å². The van der Waals surface area contributed by atoms with Crippen molar-refractivity contribution in [2.24, 2.45) is 0 Å². The molecule has 7 heteroatoms. The normalized spacial score (nSPS) is 16.6. The van der Waals surface area contributed by atoms with E-state index in [4.69, 9.17) is 9.47 Å². The number of thioether (sulfide) groups is 1. The molecule has 33 heavy (non-hydrogen) atoms. The van der Waals surface area contributed by atoms with Gasteiger partial charge in [0.1, 0.15) is 12.4 Å². The standard InChI is InChI=1S/C26H31NO5S/c1-3-5-6-7-25(29)32-23(19-10-11-20(4-2)27-16-19)17-31-21-12-8-18(9-13-21)14-24-22(28)15-26(30)33-24/h8-13,16,23-24H,3-7,14-15,17H2,1-2H3/t23-,24?/m0/s1. The van der Waals surface area contributed by atoms with Gasteiger partial charge in [-0.1, -0.05) is 56.7 Å². The molecule has 3 rings (SSSR count). The third kappa shape index (κ3) is 7.70. The Hall–Kier alpha value is -2.67. The van der Waals surface area contributed by atoms with Crippen LogP contribution in [0.5, 0.6) is 5.75 Å². The maximum Gasteiger partial charge on any atom is 0.306 e. The lowest BCUT2D eigenvalue weighted by Crippen LogP contribution is -2.18. The number of benzene rings is 1. The molecule has 1 aromatic carbocycles. The molecule has 1 aliphatic heterocycles. The molecule has 2 heterocycles. The van der Waals surface area contributed by atoms with Crippen molar-refractivity contribution in [1.82, 2.24) is 4.98 Å². The molecular formula is C26H31NO5S. The molecule has 0 spiro atoms. The van der Waals surface area contributed by atoms with Crippen LogP contribution in [0.2, 0.25) is 0 Å². The van der Waals surface area contributed by atoms with E-state index in [2.05, 4.69) is 11.9 Å². The van der Waals surface area contributed by atoms with Crippen molar-refractivity contribution in [3.05, 3.63) is 59.4 Å². The molecule has 1 saturated heterocycles. The number of carbonyl (C=O) groups excluding carboxylic acids is 3. The van der Waals surface area contributed by atoms with Crippen molar-refractivity contribution in [1.29, 1.82) is 0 Å². The van der Waals surface area contributed by atoms with Gasteiger partial charge in [-0.3, -0.25) is 19.4 Å².